The van der Waals surface area contributed by atoms with E-state index in [-0.39, 0.29) is 21.4 Å². The second-order valence-corrected chi connectivity index (χ2v) is 8.32. The molecule has 0 spiro atoms. The van der Waals surface area contributed by atoms with Gasteiger partial charge in [-0.2, -0.15) is 0 Å². The highest BCUT2D eigenvalue weighted by Gasteiger charge is 2.20. The molecule has 0 N–H and O–H groups in total. The molecule has 0 bridgehead atoms. The normalized spacial score (nSPS) is 11.1. The maximum atomic E-state index is 12.9. The zero-order valence-electron chi connectivity index (χ0n) is 15.7. The topological polar surface area (TPSA) is 72.9 Å². The molecule has 0 atom stereocenters. The lowest BCUT2D eigenvalue weighted by Crippen LogP contribution is -2.30. The van der Waals surface area contributed by atoms with Gasteiger partial charge in [0.2, 0.25) is 0 Å². The van der Waals surface area contributed by atoms with Crippen LogP contribution in [0.15, 0.2) is 41.3 Å². The Morgan fingerprint density at radius 3 is 2.30 bits per heavy atom. The predicted molar refractivity (Wildman–Crippen MR) is 105 cm³/mol. The van der Waals surface area contributed by atoms with Gasteiger partial charge in [-0.3, -0.25) is 4.79 Å². The molecule has 2 aromatic carbocycles. The van der Waals surface area contributed by atoms with Crippen LogP contribution >= 0.6 is 11.6 Å². The molecule has 27 heavy (non-hydrogen) atoms. The van der Waals surface area contributed by atoms with Gasteiger partial charge in [0.25, 0.3) is 5.91 Å². The number of nitrogens with zero attached hydrogens (tertiary/aromatic N) is 1. The van der Waals surface area contributed by atoms with Crippen molar-refractivity contribution in [1.82, 2.24) is 4.90 Å². The fraction of sp³-hybridized carbons (Fsp3) is 0.316. The minimum absolute atomic E-state index is 0.0582. The Hall–Kier alpha value is -2.25. The van der Waals surface area contributed by atoms with Crippen molar-refractivity contribution in [2.45, 2.75) is 18.4 Å². The number of hydrogen-bond acceptors (Lipinski definition) is 5. The van der Waals surface area contributed by atoms with Crippen LogP contribution in [0, 0.1) is 0 Å². The maximum absolute atomic E-state index is 12.9. The molecule has 0 aliphatic carbocycles. The Morgan fingerprint density at radius 2 is 1.74 bits per heavy atom. The van der Waals surface area contributed by atoms with Crippen molar-refractivity contribution in [3.05, 3.63) is 52.5 Å². The van der Waals surface area contributed by atoms with Crippen LogP contribution in [0.25, 0.3) is 0 Å². The summed E-state index contributed by atoms with van der Waals surface area (Å²) in [5, 5.41) is 0.0944. The number of rotatable bonds is 7. The summed E-state index contributed by atoms with van der Waals surface area (Å²) in [6.07, 6.45) is 1.06. The first-order valence-corrected chi connectivity index (χ1v) is 10.5. The summed E-state index contributed by atoms with van der Waals surface area (Å²) in [4.78, 5) is 14.4. The predicted octanol–water partition coefficient (Wildman–Crippen LogP) is 3.42. The van der Waals surface area contributed by atoms with Gasteiger partial charge in [0.15, 0.2) is 21.3 Å². The average molecular weight is 412 g/mol. The molecule has 0 aliphatic heterocycles. The molecule has 0 saturated carbocycles. The van der Waals surface area contributed by atoms with E-state index in [0.717, 1.165) is 11.8 Å². The Balaban J connectivity index is 2.32. The lowest BCUT2D eigenvalue weighted by atomic mass is 10.1. The monoisotopic (exact) mass is 411 g/mol. The van der Waals surface area contributed by atoms with Crippen molar-refractivity contribution in [3.63, 3.8) is 0 Å². The molecule has 0 unspecified atom stereocenters. The number of carbonyl (C=O) groups is 1. The van der Waals surface area contributed by atoms with Crippen LogP contribution in [-0.4, -0.2) is 46.2 Å². The first-order valence-electron chi connectivity index (χ1n) is 8.21. The SMILES string of the molecule is CCN(Cc1ccc(OC)c(OC)c1)C(=O)c1ccc(Cl)c(S(C)(=O)=O)c1. The number of methoxy groups -OCH3 is 2. The zero-order chi connectivity index (χ0) is 20.2. The van der Waals surface area contributed by atoms with Gasteiger partial charge in [-0.15, -0.1) is 0 Å². The smallest absolute Gasteiger partial charge is 0.254 e. The van der Waals surface area contributed by atoms with Crippen LogP contribution < -0.4 is 9.47 Å². The minimum Gasteiger partial charge on any atom is -0.493 e. The van der Waals surface area contributed by atoms with Crippen molar-refractivity contribution in [1.29, 1.82) is 0 Å². The number of halogens is 1. The van der Waals surface area contributed by atoms with Crippen molar-refractivity contribution in [3.8, 4) is 11.5 Å². The molecule has 0 saturated heterocycles. The van der Waals surface area contributed by atoms with Gasteiger partial charge in [0.1, 0.15) is 0 Å². The van der Waals surface area contributed by atoms with Crippen molar-refractivity contribution >= 4 is 27.3 Å². The van der Waals surface area contributed by atoms with Crippen LogP contribution in [0.2, 0.25) is 5.02 Å². The van der Waals surface area contributed by atoms with E-state index in [0.29, 0.717) is 24.6 Å². The summed E-state index contributed by atoms with van der Waals surface area (Å²) < 4.78 is 34.2. The Labute approximate surface area is 164 Å². The third-order valence-electron chi connectivity index (χ3n) is 4.07. The summed E-state index contributed by atoms with van der Waals surface area (Å²) in [7, 11) is -0.429. The largest absolute Gasteiger partial charge is 0.493 e. The maximum Gasteiger partial charge on any atom is 0.254 e. The van der Waals surface area contributed by atoms with Gasteiger partial charge in [0, 0.05) is 24.9 Å². The van der Waals surface area contributed by atoms with E-state index in [1.165, 1.54) is 18.2 Å². The van der Waals surface area contributed by atoms with Gasteiger partial charge >= 0.3 is 0 Å². The molecule has 2 rings (SSSR count). The standard InChI is InChI=1S/C19H22ClNO5S/c1-5-21(12-13-6-9-16(25-2)17(10-13)26-3)19(22)14-7-8-15(20)18(11-14)27(4,23)24/h6-11H,5,12H2,1-4H3. The van der Waals surface area contributed by atoms with E-state index < -0.39 is 9.84 Å². The summed E-state index contributed by atoms with van der Waals surface area (Å²) in [5.41, 5.74) is 1.13. The van der Waals surface area contributed by atoms with Crippen LogP contribution in [0.1, 0.15) is 22.8 Å². The number of ether oxygens (including phenoxy) is 2. The van der Waals surface area contributed by atoms with Gasteiger partial charge in [-0.05, 0) is 42.8 Å². The van der Waals surface area contributed by atoms with Crippen LogP contribution in [-0.2, 0) is 16.4 Å². The molecule has 0 fully saturated rings. The molecule has 6 nitrogen and oxygen atoms in total. The summed E-state index contributed by atoms with van der Waals surface area (Å²) in [5.74, 6) is 0.893. The van der Waals surface area contributed by atoms with E-state index in [1.807, 2.05) is 13.0 Å². The first-order chi connectivity index (χ1) is 12.7. The Bertz CT molecular complexity index is 943. The van der Waals surface area contributed by atoms with Gasteiger partial charge < -0.3 is 14.4 Å². The lowest BCUT2D eigenvalue weighted by Gasteiger charge is -2.22. The highest BCUT2D eigenvalue weighted by atomic mass is 35.5. The highest BCUT2D eigenvalue weighted by molar-refractivity contribution is 7.90. The Morgan fingerprint density at radius 1 is 1.07 bits per heavy atom. The lowest BCUT2D eigenvalue weighted by molar-refractivity contribution is 0.0752. The molecule has 0 aliphatic rings. The van der Waals surface area contributed by atoms with Gasteiger partial charge in [-0.1, -0.05) is 17.7 Å². The molecule has 0 aromatic heterocycles. The number of amides is 1. The van der Waals surface area contributed by atoms with E-state index >= 15 is 0 Å². The van der Waals surface area contributed by atoms with Gasteiger partial charge in [0.05, 0.1) is 24.1 Å². The summed E-state index contributed by atoms with van der Waals surface area (Å²) >= 11 is 5.96. The molecule has 0 radical (unpaired) electrons. The number of benzene rings is 2. The number of sulfone groups is 1. The molecular formula is C19H22ClNO5S. The molecule has 1 amide bonds. The zero-order valence-corrected chi connectivity index (χ0v) is 17.2. The molecule has 2 aromatic rings. The van der Waals surface area contributed by atoms with Crippen LogP contribution in [0.3, 0.4) is 0 Å². The molecule has 146 valence electrons. The first kappa shape index (κ1) is 21.1. The van der Waals surface area contributed by atoms with Crippen molar-refractivity contribution in [2.75, 3.05) is 27.0 Å². The van der Waals surface area contributed by atoms with Crippen LogP contribution in [0.4, 0.5) is 0 Å². The summed E-state index contributed by atoms with van der Waals surface area (Å²) in [6.45, 7) is 2.64. The molecule has 8 heteroatoms. The van der Waals surface area contributed by atoms with E-state index in [1.54, 1.807) is 31.3 Å². The van der Waals surface area contributed by atoms with E-state index in [2.05, 4.69) is 0 Å². The van der Waals surface area contributed by atoms with Gasteiger partial charge in [-0.25, -0.2) is 8.42 Å². The minimum atomic E-state index is -3.53. The van der Waals surface area contributed by atoms with E-state index in [4.69, 9.17) is 21.1 Å². The molecule has 0 heterocycles. The third kappa shape index (κ3) is 4.93. The summed E-state index contributed by atoms with van der Waals surface area (Å²) in [6, 6.07) is 9.69. The third-order valence-corrected chi connectivity index (χ3v) is 5.65. The second kappa shape index (κ2) is 8.63. The number of hydrogen-bond donors (Lipinski definition) is 0. The average Bonchev–Trinajstić information content (AvgIpc) is 2.64. The fourth-order valence-corrected chi connectivity index (χ4v) is 3.93. The van der Waals surface area contributed by atoms with E-state index in [9.17, 15) is 13.2 Å². The molecular weight excluding hydrogens is 390 g/mol. The second-order valence-electron chi connectivity index (χ2n) is 5.93. The quantitative estimate of drug-likeness (QED) is 0.698. The Kier molecular flexibility index (Phi) is 6.73. The number of carbonyl (C=O) groups excluding carboxylic acids is 1. The highest BCUT2D eigenvalue weighted by Crippen LogP contribution is 2.28. The van der Waals surface area contributed by atoms with Crippen LogP contribution in [0.5, 0.6) is 11.5 Å². The fourth-order valence-electron chi connectivity index (χ4n) is 2.63. The van der Waals surface area contributed by atoms with Crippen molar-refractivity contribution < 1.29 is 22.7 Å². The van der Waals surface area contributed by atoms with Crippen molar-refractivity contribution in [2.24, 2.45) is 0 Å².